The van der Waals surface area contributed by atoms with E-state index in [9.17, 15) is 39.3 Å². The molecular weight excluding hydrogens is 819 g/mol. The second-order valence-electron chi connectivity index (χ2n) is 17.9. The number of ether oxygens (including phenoxy) is 5. The highest BCUT2D eigenvalue weighted by Crippen LogP contribution is 2.64. The highest BCUT2D eigenvalue weighted by Gasteiger charge is 2.78. The van der Waals surface area contributed by atoms with E-state index in [4.69, 9.17) is 28.1 Å². The molecular formula is C47H53NO15. The van der Waals surface area contributed by atoms with Crippen molar-refractivity contribution in [2.75, 3.05) is 6.61 Å². The second kappa shape index (κ2) is 16.8. The zero-order chi connectivity index (χ0) is 45.8. The lowest BCUT2D eigenvalue weighted by atomic mass is 9.44. The SMILES string of the molecule is CC(=O)O[C@@]12CO[C@@H]1C[C@H](O)[C@@]1(C)C(=O)[C@H](OC(=O)C(C)C)C3=C(C)[C@@H](OC(=O)[C@H](O)[C@@H](NC(=O)c4ccco4)c4ccccc4)C[C@@](O)([C@@H](OC(=O)c4ccccc4)C12)C3(C)C. The van der Waals surface area contributed by atoms with Crippen molar-refractivity contribution in [2.45, 2.75) is 115 Å². The van der Waals surface area contributed by atoms with E-state index in [1.54, 1.807) is 76.2 Å². The number of esters is 4. The number of hydrogen-bond acceptors (Lipinski definition) is 15. The molecule has 4 N–H and O–H groups in total. The molecule has 11 atom stereocenters. The first-order chi connectivity index (χ1) is 29.7. The largest absolute Gasteiger partial charge is 0.459 e. The van der Waals surface area contributed by atoms with Gasteiger partial charge in [0.15, 0.2) is 29.4 Å². The van der Waals surface area contributed by atoms with Gasteiger partial charge in [0.25, 0.3) is 5.91 Å². The predicted octanol–water partition coefficient (Wildman–Crippen LogP) is 3.96. The number of carbonyl (C=O) groups is 6. The number of ketones is 1. The molecule has 1 unspecified atom stereocenters. The summed E-state index contributed by atoms with van der Waals surface area (Å²) in [5.74, 6) is -7.81. The summed E-state index contributed by atoms with van der Waals surface area (Å²) in [6.45, 7) is 10.0. The first kappa shape index (κ1) is 45.3. The molecule has 1 amide bonds. The monoisotopic (exact) mass is 871 g/mol. The van der Waals surface area contributed by atoms with E-state index in [2.05, 4.69) is 5.32 Å². The Morgan fingerprint density at radius 1 is 0.889 bits per heavy atom. The van der Waals surface area contributed by atoms with Gasteiger partial charge < -0.3 is 48.7 Å². The van der Waals surface area contributed by atoms with Crippen molar-refractivity contribution in [2.24, 2.45) is 22.7 Å². The Labute approximate surface area is 363 Å². The van der Waals surface area contributed by atoms with E-state index in [0.717, 1.165) is 6.92 Å². The Kier molecular flexibility index (Phi) is 12.1. The van der Waals surface area contributed by atoms with Crippen LogP contribution in [0.15, 0.2) is 94.6 Å². The molecule has 3 fully saturated rings. The molecule has 1 aromatic heterocycles. The summed E-state index contributed by atoms with van der Waals surface area (Å²) in [6.07, 6.45) is -9.35. The maximum Gasteiger partial charge on any atom is 0.338 e. The summed E-state index contributed by atoms with van der Waals surface area (Å²) in [5.41, 5.74) is -7.39. The summed E-state index contributed by atoms with van der Waals surface area (Å²) < 4.78 is 35.8. The third kappa shape index (κ3) is 7.55. The van der Waals surface area contributed by atoms with Gasteiger partial charge in [0.05, 0.1) is 47.8 Å². The predicted molar refractivity (Wildman–Crippen MR) is 219 cm³/mol. The quantitative estimate of drug-likeness (QED) is 0.121. The number of aliphatic hydroxyl groups is 3. The van der Waals surface area contributed by atoms with Gasteiger partial charge in [-0.1, -0.05) is 76.2 Å². The molecule has 2 bridgehead atoms. The summed E-state index contributed by atoms with van der Waals surface area (Å²) in [5, 5.41) is 40.3. The number of aliphatic hydroxyl groups excluding tert-OH is 2. The van der Waals surface area contributed by atoms with Crippen LogP contribution in [0, 0.1) is 22.7 Å². The van der Waals surface area contributed by atoms with Crippen molar-refractivity contribution in [1.82, 2.24) is 5.32 Å². The van der Waals surface area contributed by atoms with Crippen LogP contribution in [-0.4, -0.2) is 105 Å². The van der Waals surface area contributed by atoms with Gasteiger partial charge >= 0.3 is 23.9 Å². The van der Waals surface area contributed by atoms with E-state index in [1.165, 1.54) is 44.4 Å². The maximum atomic E-state index is 15.7. The van der Waals surface area contributed by atoms with E-state index >= 15 is 4.79 Å². The lowest BCUT2D eigenvalue weighted by Crippen LogP contribution is -2.82. The molecule has 336 valence electrons. The molecule has 2 heterocycles. The molecule has 0 radical (unpaired) electrons. The average molecular weight is 872 g/mol. The molecule has 16 heteroatoms. The van der Waals surface area contributed by atoms with Crippen LogP contribution in [-0.2, 0) is 42.9 Å². The fourth-order valence-electron chi connectivity index (χ4n) is 10.1. The van der Waals surface area contributed by atoms with Gasteiger partial charge in [0.2, 0.25) is 0 Å². The Hall–Kier alpha value is -5.68. The zero-order valence-corrected chi connectivity index (χ0v) is 36.1. The highest BCUT2D eigenvalue weighted by atomic mass is 16.6. The maximum absolute atomic E-state index is 15.7. The van der Waals surface area contributed by atoms with Crippen molar-refractivity contribution in [1.29, 1.82) is 0 Å². The fourth-order valence-corrected chi connectivity index (χ4v) is 10.1. The zero-order valence-electron chi connectivity index (χ0n) is 36.1. The van der Waals surface area contributed by atoms with E-state index < -0.39 is 119 Å². The average Bonchev–Trinajstić information content (AvgIpc) is 3.79. The van der Waals surface area contributed by atoms with E-state index in [1.807, 2.05) is 0 Å². The molecule has 3 aliphatic carbocycles. The van der Waals surface area contributed by atoms with E-state index in [0.29, 0.717) is 5.56 Å². The minimum Gasteiger partial charge on any atom is -0.459 e. The summed E-state index contributed by atoms with van der Waals surface area (Å²) in [6, 6.07) is 17.5. The molecule has 7 rings (SSSR count). The number of nitrogens with one attached hydrogen (secondary N) is 1. The van der Waals surface area contributed by atoms with Crippen LogP contribution >= 0.6 is 0 Å². The Bertz CT molecular complexity index is 2290. The van der Waals surface area contributed by atoms with Crippen LogP contribution in [0.4, 0.5) is 0 Å². The number of benzene rings is 2. The van der Waals surface area contributed by atoms with Gasteiger partial charge in [-0.2, -0.15) is 0 Å². The van der Waals surface area contributed by atoms with Gasteiger partial charge in [0, 0.05) is 25.2 Å². The van der Waals surface area contributed by atoms with E-state index in [-0.39, 0.29) is 35.5 Å². The number of rotatable bonds is 11. The minimum absolute atomic E-state index is 0.00516. The molecule has 3 aromatic rings. The minimum atomic E-state index is -2.41. The van der Waals surface area contributed by atoms with Crippen LogP contribution in [0.1, 0.15) is 93.8 Å². The molecule has 1 aliphatic heterocycles. The van der Waals surface area contributed by atoms with Crippen LogP contribution in [0.3, 0.4) is 0 Å². The lowest BCUT2D eigenvalue weighted by molar-refractivity contribution is -0.346. The molecule has 2 saturated carbocycles. The Balaban J connectivity index is 1.41. The van der Waals surface area contributed by atoms with Gasteiger partial charge in [-0.3, -0.25) is 19.2 Å². The number of hydrogen-bond donors (Lipinski definition) is 4. The number of fused-ring (bicyclic) bond motifs is 5. The van der Waals surface area contributed by atoms with Crippen molar-refractivity contribution in [3.05, 3.63) is 107 Å². The van der Waals surface area contributed by atoms with Gasteiger partial charge in [0.1, 0.15) is 23.9 Å². The number of amides is 1. The van der Waals surface area contributed by atoms with Crippen LogP contribution in [0.5, 0.6) is 0 Å². The van der Waals surface area contributed by atoms with Crippen molar-refractivity contribution in [3.63, 3.8) is 0 Å². The number of Topliss-reactive ketones (excluding diaryl/α,β-unsaturated/α-hetero) is 1. The molecule has 0 spiro atoms. The van der Waals surface area contributed by atoms with Gasteiger partial charge in [-0.15, -0.1) is 0 Å². The Morgan fingerprint density at radius 3 is 2.11 bits per heavy atom. The molecule has 1 saturated heterocycles. The van der Waals surface area contributed by atoms with Gasteiger partial charge in [-0.25, -0.2) is 9.59 Å². The fraction of sp³-hybridized carbons (Fsp3) is 0.489. The molecule has 63 heavy (non-hydrogen) atoms. The lowest BCUT2D eigenvalue weighted by Gasteiger charge is -2.67. The van der Waals surface area contributed by atoms with Crippen LogP contribution in [0.25, 0.3) is 0 Å². The number of carbonyl (C=O) groups excluding carboxylic acids is 6. The summed E-state index contributed by atoms with van der Waals surface area (Å²) in [4.78, 5) is 84.3. The summed E-state index contributed by atoms with van der Waals surface area (Å²) >= 11 is 0. The first-order valence-corrected chi connectivity index (χ1v) is 20.9. The van der Waals surface area contributed by atoms with Crippen LogP contribution < -0.4 is 5.32 Å². The normalized spacial score (nSPS) is 31.7. The Morgan fingerprint density at radius 2 is 1.54 bits per heavy atom. The van der Waals surface area contributed by atoms with Crippen molar-refractivity contribution >= 4 is 35.6 Å². The highest BCUT2D eigenvalue weighted by molar-refractivity contribution is 5.96. The van der Waals surface area contributed by atoms with Gasteiger partial charge in [-0.05, 0) is 54.8 Å². The standard InChI is InChI=1S/C47H53NO15/c1-24(2)41(54)61-36-33-25(3)30(60-43(56)35(51)34(27-15-10-8-11-16-27)48-40(53)29-19-14-20-58-29)22-47(57,44(33,5)6)39(62-42(55)28-17-12-9-13-18-28)37-45(7,38(36)52)31(50)21-32-46(37,23-59-32)63-26(4)49/h8-20,24,30-32,34-37,39,50-51,57H,21-23H2,1-7H3,(H,48,53)/t30-,31-,32+,34-,35+,36+,37?,39-,45+,46-,47+/m0/s1. The number of furan rings is 1. The third-order valence-electron chi connectivity index (χ3n) is 13.6. The first-order valence-electron chi connectivity index (χ1n) is 20.9. The second-order valence-corrected chi connectivity index (χ2v) is 17.9. The molecule has 2 aromatic carbocycles. The molecule has 4 aliphatic rings. The third-order valence-corrected chi connectivity index (χ3v) is 13.6. The van der Waals surface area contributed by atoms with Crippen molar-refractivity contribution < 1.29 is 72.2 Å². The van der Waals surface area contributed by atoms with Crippen molar-refractivity contribution in [3.8, 4) is 0 Å². The topological polar surface area (TPSA) is 234 Å². The van der Waals surface area contributed by atoms with Crippen LogP contribution in [0.2, 0.25) is 0 Å². The summed E-state index contributed by atoms with van der Waals surface area (Å²) in [7, 11) is 0. The molecule has 16 nitrogen and oxygen atoms in total. The smallest absolute Gasteiger partial charge is 0.338 e.